The predicted molar refractivity (Wildman–Crippen MR) is 87.2 cm³/mol. The molecule has 1 N–H and O–H groups in total. The van der Waals surface area contributed by atoms with Crippen LogP contribution in [-0.2, 0) is 4.79 Å². The molecule has 23 heavy (non-hydrogen) atoms. The number of rotatable bonds is 5. The second-order valence-corrected chi connectivity index (χ2v) is 4.70. The van der Waals surface area contributed by atoms with Gasteiger partial charge in [-0.25, -0.2) is 0 Å². The average Bonchev–Trinajstić information content (AvgIpc) is 2.56. The Labute approximate surface area is 134 Å². The van der Waals surface area contributed by atoms with Crippen LogP contribution in [0.15, 0.2) is 54.7 Å². The predicted octanol–water partition coefficient (Wildman–Crippen LogP) is 3.02. The lowest BCUT2D eigenvalue weighted by molar-refractivity contribution is -0.131. The van der Waals surface area contributed by atoms with Crippen molar-refractivity contribution in [2.75, 3.05) is 7.11 Å². The summed E-state index contributed by atoms with van der Waals surface area (Å²) in [6.45, 7) is 1.35. The number of carbonyl (C=O) groups is 2. The summed E-state index contributed by atoms with van der Waals surface area (Å²) in [6.07, 6.45) is 3.31. The maximum Gasteiger partial charge on any atom is 0.308 e. The van der Waals surface area contributed by atoms with Gasteiger partial charge in [0.25, 0.3) is 5.91 Å². The average molecular weight is 311 g/mol. The van der Waals surface area contributed by atoms with E-state index in [1.54, 1.807) is 67.9 Å². The number of ether oxygens (including phenoxy) is 2. The first kappa shape index (κ1) is 16.3. The number of esters is 1. The van der Waals surface area contributed by atoms with Crippen molar-refractivity contribution in [3.63, 3.8) is 0 Å². The maximum absolute atomic E-state index is 11.9. The van der Waals surface area contributed by atoms with E-state index in [0.29, 0.717) is 17.1 Å². The van der Waals surface area contributed by atoms with Gasteiger partial charge >= 0.3 is 5.97 Å². The fourth-order valence-electron chi connectivity index (χ4n) is 1.85. The summed E-state index contributed by atoms with van der Waals surface area (Å²) < 4.78 is 9.99. The lowest BCUT2D eigenvalue weighted by atomic mass is 10.2. The van der Waals surface area contributed by atoms with Gasteiger partial charge in [-0.3, -0.25) is 9.59 Å². The van der Waals surface area contributed by atoms with Crippen LogP contribution in [0.5, 0.6) is 11.5 Å². The van der Waals surface area contributed by atoms with Crippen molar-refractivity contribution >= 4 is 18.0 Å². The minimum absolute atomic E-state index is 0.208. The van der Waals surface area contributed by atoms with Gasteiger partial charge in [0.05, 0.1) is 7.11 Å². The zero-order valence-electron chi connectivity index (χ0n) is 12.9. The zero-order chi connectivity index (χ0) is 16.7. The molecule has 5 heteroatoms. The van der Waals surface area contributed by atoms with Gasteiger partial charge < -0.3 is 14.8 Å². The SMILES string of the molecule is COc1ccc(C(=O)N/C=C/c2ccc(OC(C)=O)cc2)cc1. The van der Waals surface area contributed by atoms with Crippen molar-refractivity contribution in [2.24, 2.45) is 0 Å². The summed E-state index contributed by atoms with van der Waals surface area (Å²) in [4.78, 5) is 22.8. The summed E-state index contributed by atoms with van der Waals surface area (Å²) in [5.41, 5.74) is 1.41. The van der Waals surface area contributed by atoms with Gasteiger partial charge in [0, 0.05) is 18.7 Å². The third-order valence-electron chi connectivity index (χ3n) is 2.98. The highest BCUT2D eigenvalue weighted by molar-refractivity contribution is 5.95. The molecule has 0 saturated carbocycles. The molecular weight excluding hydrogens is 294 g/mol. The van der Waals surface area contributed by atoms with Crippen LogP contribution in [0, 0.1) is 0 Å². The molecule has 0 fully saturated rings. The number of nitrogens with one attached hydrogen (secondary N) is 1. The van der Waals surface area contributed by atoms with Crippen LogP contribution in [0.4, 0.5) is 0 Å². The van der Waals surface area contributed by atoms with Gasteiger partial charge in [-0.1, -0.05) is 12.1 Å². The molecule has 118 valence electrons. The van der Waals surface area contributed by atoms with Crippen LogP contribution >= 0.6 is 0 Å². The fourth-order valence-corrected chi connectivity index (χ4v) is 1.85. The number of hydrogen-bond donors (Lipinski definition) is 1. The number of benzene rings is 2. The van der Waals surface area contributed by atoms with Gasteiger partial charge in [0.2, 0.25) is 0 Å². The van der Waals surface area contributed by atoms with Crippen LogP contribution in [0.1, 0.15) is 22.8 Å². The minimum Gasteiger partial charge on any atom is -0.497 e. The van der Waals surface area contributed by atoms with E-state index in [1.165, 1.54) is 6.92 Å². The Morgan fingerprint density at radius 1 is 0.957 bits per heavy atom. The molecule has 2 aromatic carbocycles. The fraction of sp³-hybridized carbons (Fsp3) is 0.111. The molecular formula is C18H17NO4. The van der Waals surface area contributed by atoms with E-state index in [0.717, 1.165) is 5.56 Å². The molecule has 0 heterocycles. The molecule has 0 aliphatic rings. The molecule has 1 amide bonds. The zero-order valence-corrected chi connectivity index (χ0v) is 12.9. The molecule has 0 unspecified atom stereocenters. The van der Waals surface area contributed by atoms with E-state index >= 15 is 0 Å². The molecule has 0 saturated heterocycles. The number of carbonyl (C=O) groups excluding carboxylic acids is 2. The Hall–Kier alpha value is -3.08. The molecule has 5 nitrogen and oxygen atoms in total. The van der Waals surface area contributed by atoms with Gasteiger partial charge in [0.15, 0.2) is 0 Å². The Morgan fingerprint density at radius 2 is 1.57 bits per heavy atom. The quantitative estimate of drug-likeness (QED) is 0.681. The maximum atomic E-state index is 11.9. The number of hydrogen-bond acceptors (Lipinski definition) is 4. The summed E-state index contributed by atoms with van der Waals surface area (Å²) >= 11 is 0. The molecule has 0 spiro atoms. The van der Waals surface area contributed by atoms with Crippen molar-refractivity contribution in [1.29, 1.82) is 0 Å². The minimum atomic E-state index is -0.361. The Balaban J connectivity index is 1.92. The summed E-state index contributed by atoms with van der Waals surface area (Å²) in [5, 5.41) is 2.69. The molecule has 0 radical (unpaired) electrons. The molecule has 0 aliphatic heterocycles. The molecule has 2 aromatic rings. The molecule has 0 aliphatic carbocycles. The van der Waals surface area contributed by atoms with E-state index in [4.69, 9.17) is 9.47 Å². The largest absolute Gasteiger partial charge is 0.497 e. The Kier molecular flexibility index (Phi) is 5.52. The highest BCUT2D eigenvalue weighted by Crippen LogP contribution is 2.13. The van der Waals surface area contributed by atoms with Crippen LogP contribution in [0.3, 0.4) is 0 Å². The standard InChI is InChI=1S/C18H17NO4/c1-13(20)23-17-7-3-14(4-8-17)11-12-19-18(21)15-5-9-16(22-2)10-6-15/h3-12H,1-2H3,(H,19,21)/b12-11+. The van der Waals surface area contributed by atoms with Gasteiger partial charge in [-0.05, 0) is 48.0 Å². The number of methoxy groups -OCH3 is 1. The van der Waals surface area contributed by atoms with Gasteiger partial charge in [0.1, 0.15) is 11.5 Å². The first-order valence-corrected chi connectivity index (χ1v) is 6.98. The highest BCUT2D eigenvalue weighted by Gasteiger charge is 2.03. The van der Waals surface area contributed by atoms with Crippen molar-refractivity contribution in [3.8, 4) is 11.5 Å². The van der Waals surface area contributed by atoms with Crippen LogP contribution in [-0.4, -0.2) is 19.0 Å². The Morgan fingerprint density at radius 3 is 2.13 bits per heavy atom. The van der Waals surface area contributed by atoms with E-state index in [2.05, 4.69) is 5.32 Å². The second kappa shape index (κ2) is 7.79. The van der Waals surface area contributed by atoms with E-state index in [9.17, 15) is 9.59 Å². The second-order valence-electron chi connectivity index (χ2n) is 4.70. The van der Waals surface area contributed by atoms with Crippen LogP contribution in [0.25, 0.3) is 6.08 Å². The number of amides is 1. The van der Waals surface area contributed by atoms with E-state index in [-0.39, 0.29) is 11.9 Å². The third kappa shape index (κ3) is 5.00. The van der Waals surface area contributed by atoms with Crippen molar-refractivity contribution < 1.29 is 19.1 Å². The van der Waals surface area contributed by atoms with Crippen molar-refractivity contribution in [1.82, 2.24) is 5.32 Å². The summed E-state index contributed by atoms with van der Waals surface area (Å²) in [6, 6.07) is 13.8. The summed E-state index contributed by atoms with van der Waals surface area (Å²) in [5.74, 6) is 0.613. The topological polar surface area (TPSA) is 64.6 Å². The van der Waals surface area contributed by atoms with Crippen molar-refractivity contribution in [3.05, 3.63) is 65.9 Å². The van der Waals surface area contributed by atoms with E-state index in [1.807, 2.05) is 0 Å². The lowest BCUT2D eigenvalue weighted by Gasteiger charge is -2.03. The van der Waals surface area contributed by atoms with E-state index < -0.39 is 0 Å². The normalized spacial score (nSPS) is 10.3. The van der Waals surface area contributed by atoms with Gasteiger partial charge in [-0.2, -0.15) is 0 Å². The smallest absolute Gasteiger partial charge is 0.308 e. The monoisotopic (exact) mass is 311 g/mol. The first-order chi connectivity index (χ1) is 11.1. The Bertz CT molecular complexity index is 703. The van der Waals surface area contributed by atoms with Crippen LogP contribution < -0.4 is 14.8 Å². The summed E-state index contributed by atoms with van der Waals surface area (Å²) in [7, 11) is 1.57. The molecule has 0 bridgehead atoms. The third-order valence-corrected chi connectivity index (χ3v) is 2.98. The molecule has 0 atom stereocenters. The van der Waals surface area contributed by atoms with Crippen LogP contribution in [0.2, 0.25) is 0 Å². The van der Waals surface area contributed by atoms with Crippen molar-refractivity contribution in [2.45, 2.75) is 6.92 Å². The molecule has 2 rings (SSSR count). The first-order valence-electron chi connectivity index (χ1n) is 6.98. The highest BCUT2D eigenvalue weighted by atomic mass is 16.5. The lowest BCUT2D eigenvalue weighted by Crippen LogP contribution is -2.16. The molecule has 0 aromatic heterocycles. The van der Waals surface area contributed by atoms with Gasteiger partial charge in [-0.15, -0.1) is 0 Å².